The first-order valence-corrected chi connectivity index (χ1v) is 7.49. The molecule has 5 heteroatoms. The van der Waals surface area contributed by atoms with E-state index in [1.54, 1.807) is 0 Å². The maximum Gasteiger partial charge on any atom is 0.140 e. The zero-order valence-corrected chi connectivity index (χ0v) is 12.1. The van der Waals surface area contributed by atoms with Crippen molar-refractivity contribution in [3.8, 4) is 0 Å². The Bertz CT molecular complexity index is 705. The van der Waals surface area contributed by atoms with Crippen LogP contribution in [-0.2, 0) is 12.8 Å². The summed E-state index contributed by atoms with van der Waals surface area (Å²) < 4.78 is 28.0. The molecule has 0 saturated heterocycles. The monoisotopic (exact) mass is 304 g/mol. The Balaban J connectivity index is 1.93. The van der Waals surface area contributed by atoms with E-state index in [-0.39, 0.29) is 16.3 Å². The van der Waals surface area contributed by atoms with E-state index < -0.39 is 11.6 Å². The van der Waals surface area contributed by atoms with Gasteiger partial charge in [-0.05, 0) is 54.7 Å². The highest BCUT2D eigenvalue weighted by Crippen LogP contribution is 2.35. The standard InChI is InChI=1S/C16H14F2N2S/c17-13-7-11(16(19)20)8-14(18)15(13)21-12-5-4-9-2-1-3-10(9)6-12/h4-8H,1-3H2,(H3,19,20). The molecule has 21 heavy (non-hydrogen) atoms. The van der Waals surface area contributed by atoms with Gasteiger partial charge in [0.15, 0.2) is 0 Å². The topological polar surface area (TPSA) is 49.9 Å². The lowest BCUT2D eigenvalue weighted by molar-refractivity contribution is 0.540. The predicted octanol–water partition coefficient (Wildman–Crippen LogP) is 3.89. The van der Waals surface area contributed by atoms with Gasteiger partial charge in [-0.15, -0.1) is 0 Å². The third kappa shape index (κ3) is 2.78. The fraction of sp³-hybridized carbons (Fsp3) is 0.188. The van der Waals surface area contributed by atoms with E-state index in [0.29, 0.717) is 0 Å². The average Bonchev–Trinajstić information content (AvgIpc) is 2.90. The van der Waals surface area contributed by atoms with Crippen LogP contribution in [0.3, 0.4) is 0 Å². The summed E-state index contributed by atoms with van der Waals surface area (Å²) in [6.45, 7) is 0. The van der Waals surface area contributed by atoms with Crippen molar-refractivity contribution < 1.29 is 8.78 Å². The van der Waals surface area contributed by atoms with Gasteiger partial charge < -0.3 is 5.73 Å². The van der Waals surface area contributed by atoms with Gasteiger partial charge in [-0.1, -0.05) is 17.8 Å². The molecule has 3 rings (SSSR count). The van der Waals surface area contributed by atoms with Gasteiger partial charge in [-0.25, -0.2) is 8.78 Å². The van der Waals surface area contributed by atoms with Crippen LogP contribution in [0.2, 0.25) is 0 Å². The van der Waals surface area contributed by atoms with Crippen LogP contribution in [0.5, 0.6) is 0 Å². The molecule has 0 aliphatic heterocycles. The zero-order chi connectivity index (χ0) is 15.0. The third-order valence-corrected chi connectivity index (χ3v) is 4.68. The van der Waals surface area contributed by atoms with Gasteiger partial charge in [-0.3, -0.25) is 5.41 Å². The van der Waals surface area contributed by atoms with Crippen LogP contribution in [0.25, 0.3) is 0 Å². The zero-order valence-electron chi connectivity index (χ0n) is 11.2. The molecule has 2 nitrogen and oxygen atoms in total. The number of nitrogens with two attached hydrogens (primary N) is 1. The van der Waals surface area contributed by atoms with Crippen LogP contribution in [0.1, 0.15) is 23.1 Å². The van der Waals surface area contributed by atoms with Crippen LogP contribution in [0.15, 0.2) is 40.1 Å². The Kier molecular flexibility index (Phi) is 3.68. The molecular formula is C16H14F2N2S. The number of nitrogens with one attached hydrogen (secondary N) is 1. The van der Waals surface area contributed by atoms with Crippen molar-refractivity contribution >= 4 is 17.6 Å². The lowest BCUT2D eigenvalue weighted by Gasteiger charge is -2.08. The van der Waals surface area contributed by atoms with Gasteiger partial charge in [0.1, 0.15) is 17.5 Å². The fourth-order valence-electron chi connectivity index (χ4n) is 2.54. The molecule has 0 unspecified atom stereocenters. The first-order chi connectivity index (χ1) is 10.0. The van der Waals surface area contributed by atoms with E-state index in [1.807, 2.05) is 18.2 Å². The van der Waals surface area contributed by atoms with Crippen molar-refractivity contribution in [2.75, 3.05) is 0 Å². The van der Waals surface area contributed by atoms with E-state index >= 15 is 0 Å². The van der Waals surface area contributed by atoms with Gasteiger partial charge in [0.05, 0.1) is 4.90 Å². The quantitative estimate of drug-likeness (QED) is 0.667. The molecule has 2 aromatic rings. The lowest BCUT2D eigenvalue weighted by atomic mass is 10.1. The van der Waals surface area contributed by atoms with E-state index in [2.05, 4.69) is 0 Å². The number of halogens is 2. The number of rotatable bonds is 3. The van der Waals surface area contributed by atoms with E-state index in [0.717, 1.165) is 48.1 Å². The molecule has 0 aromatic heterocycles. The highest BCUT2D eigenvalue weighted by Gasteiger charge is 2.16. The van der Waals surface area contributed by atoms with Crippen molar-refractivity contribution in [3.63, 3.8) is 0 Å². The van der Waals surface area contributed by atoms with Crippen molar-refractivity contribution in [3.05, 3.63) is 58.7 Å². The maximum atomic E-state index is 14.0. The second-order valence-electron chi connectivity index (χ2n) is 5.07. The van der Waals surface area contributed by atoms with Gasteiger partial charge >= 0.3 is 0 Å². The van der Waals surface area contributed by atoms with Crippen LogP contribution in [0.4, 0.5) is 8.78 Å². The molecular weight excluding hydrogens is 290 g/mol. The minimum absolute atomic E-state index is 0.0575. The van der Waals surface area contributed by atoms with Gasteiger partial charge in [0.2, 0.25) is 0 Å². The first-order valence-electron chi connectivity index (χ1n) is 6.67. The van der Waals surface area contributed by atoms with E-state index in [9.17, 15) is 8.78 Å². The molecule has 0 radical (unpaired) electrons. The van der Waals surface area contributed by atoms with Gasteiger partial charge in [0, 0.05) is 10.5 Å². The SMILES string of the molecule is N=C(N)c1cc(F)c(Sc2ccc3c(c2)CCC3)c(F)c1. The predicted molar refractivity (Wildman–Crippen MR) is 80.0 cm³/mol. The summed E-state index contributed by atoms with van der Waals surface area (Å²) in [5.74, 6) is -1.72. The number of amidine groups is 1. The molecule has 1 aliphatic carbocycles. The van der Waals surface area contributed by atoms with Crippen LogP contribution < -0.4 is 5.73 Å². The molecule has 1 aliphatic rings. The number of aryl methyl sites for hydroxylation is 2. The number of hydrogen-bond acceptors (Lipinski definition) is 2. The summed E-state index contributed by atoms with van der Waals surface area (Å²) in [6.07, 6.45) is 3.24. The Morgan fingerprint density at radius 3 is 2.38 bits per heavy atom. The molecule has 3 N–H and O–H groups in total. The summed E-state index contributed by atoms with van der Waals surface area (Å²) >= 11 is 1.07. The van der Waals surface area contributed by atoms with Crippen molar-refractivity contribution in [2.45, 2.75) is 29.1 Å². The highest BCUT2D eigenvalue weighted by molar-refractivity contribution is 7.99. The number of benzene rings is 2. The van der Waals surface area contributed by atoms with Crippen molar-refractivity contribution in [1.82, 2.24) is 0 Å². The smallest absolute Gasteiger partial charge is 0.140 e. The van der Waals surface area contributed by atoms with Crippen LogP contribution >= 0.6 is 11.8 Å². The normalized spacial score (nSPS) is 13.2. The molecule has 0 saturated carbocycles. The molecule has 0 amide bonds. The third-order valence-electron chi connectivity index (χ3n) is 3.60. The number of nitrogen functional groups attached to an aromatic ring is 1. The van der Waals surface area contributed by atoms with Crippen LogP contribution in [-0.4, -0.2) is 5.84 Å². The molecule has 0 atom stereocenters. The van der Waals surface area contributed by atoms with Crippen molar-refractivity contribution in [1.29, 1.82) is 5.41 Å². The number of hydrogen-bond donors (Lipinski definition) is 2. The molecule has 2 aromatic carbocycles. The second-order valence-corrected chi connectivity index (χ2v) is 6.15. The fourth-order valence-corrected chi connectivity index (χ4v) is 3.43. The Labute approximate surface area is 125 Å². The minimum atomic E-state index is -0.689. The van der Waals surface area contributed by atoms with Crippen LogP contribution in [0, 0.1) is 17.0 Å². The number of fused-ring (bicyclic) bond motifs is 1. The Morgan fingerprint density at radius 1 is 1.05 bits per heavy atom. The average molecular weight is 304 g/mol. The minimum Gasteiger partial charge on any atom is -0.384 e. The Morgan fingerprint density at radius 2 is 1.71 bits per heavy atom. The maximum absolute atomic E-state index is 14.0. The lowest BCUT2D eigenvalue weighted by Crippen LogP contribution is -2.12. The molecule has 0 fully saturated rings. The summed E-state index contributed by atoms with van der Waals surface area (Å²) in [5, 5.41) is 7.24. The van der Waals surface area contributed by atoms with Crippen molar-refractivity contribution in [2.24, 2.45) is 5.73 Å². The summed E-state index contributed by atoms with van der Waals surface area (Å²) in [6, 6.07) is 8.13. The summed E-state index contributed by atoms with van der Waals surface area (Å²) in [5.41, 5.74) is 7.91. The molecule has 0 bridgehead atoms. The van der Waals surface area contributed by atoms with E-state index in [1.165, 1.54) is 11.1 Å². The largest absolute Gasteiger partial charge is 0.384 e. The highest BCUT2D eigenvalue weighted by atomic mass is 32.2. The van der Waals surface area contributed by atoms with Gasteiger partial charge in [0.25, 0.3) is 0 Å². The Hall–Kier alpha value is -1.88. The molecule has 0 heterocycles. The summed E-state index contributed by atoms with van der Waals surface area (Å²) in [7, 11) is 0. The second kappa shape index (κ2) is 5.48. The van der Waals surface area contributed by atoms with E-state index in [4.69, 9.17) is 11.1 Å². The molecule has 0 spiro atoms. The molecule has 108 valence electrons. The summed E-state index contributed by atoms with van der Waals surface area (Å²) in [4.78, 5) is 0.766. The van der Waals surface area contributed by atoms with Gasteiger partial charge in [-0.2, -0.15) is 0 Å². The first kappa shape index (κ1) is 14.1.